The summed E-state index contributed by atoms with van der Waals surface area (Å²) in [7, 11) is 1.62. The van der Waals surface area contributed by atoms with Gasteiger partial charge in [0.05, 0.1) is 13.2 Å². The highest BCUT2D eigenvalue weighted by Crippen LogP contribution is 2.19. The van der Waals surface area contributed by atoms with Crippen molar-refractivity contribution in [3.05, 3.63) is 29.8 Å². The van der Waals surface area contributed by atoms with Crippen molar-refractivity contribution in [2.75, 3.05) is 44.8 Å². The van der Waals surface area contributed by atoms with Crippen LogP contribution in [0.2, 0.25) is 0 Å². The number of hydrogen-bond acceptors (Lipinski definition) is 4. The molecule has 0 fully saturated rings. The van der Waals surface area contributed by atoms with Crippen molar-refractivity contribution in [1.82, 2.24) is 5.32 Å². The lowest BCUT2D eigenvalue weighted by Gasteiger charge is -2.25. The van der Waals surface area contributed by atoms with Crippen LogP contribution < -0.4 is 16.0 Å². The van der Waals surface area contributed by atoms with Gasteiger partial charge in [-0.05, 0) is 31.5 Å². The van der Waals surface area contributed by atoms with Gasteiger partial charge < -0.3 is 20.7 Å². The minimum Gasteiger partial charge on any atom is -0.383 e. The molecule has 0 unspecified atom stereocenters. The molecule has 1 amide bonds. The van der Waals surface area contributed by atoms with E-state index in [0.717, 1.165) is 24.2 Å². The Morgan fingerprint density at radius 3 is 2.80 bits per heavy atom. The molecule has 3 N–H and O–H groups in total. The van der Waals surface area contributed by atoms with E-state index in [-0.39, 0.29) is 5.91 Å². The molecule has 5 heteroatoms. The van der Waals surface area contributed by atoms with E-state index in [1.807, 2.05) is 31.2 Å². The Morgan fingerprint density at radius 1 is 1.40 bits per heavy atom. The molecule has 0 radical (unpaired) electrons. The summed E-state index contributed by atoms with van der Waals surface area (Å²) >= 11 is 0. The van der Waals surface area contributed by atoms with E-state index in [1.165, 1.54) is 0 Å². The highest BCUT2D eigenvalue weighted by atomic mass is 16.5. The number of nitrogens with one attached hydrogen (secondary N) is 1. The van der Waals surface area contributed by atoms with Crippen LogP contribution in [0.25, 0.3) is 0 Å². The molecule has 0 aliphatic rings. The van der Waals surface area contributed by atoms with E-state index in [0.29, 0.717) is 26.2 Å². The Morgan fingerprint density at radius 2 is 2.15 bits per heavy atom. The molecular formula is C15H25N3O2. The first-order chi connectivity index (χ1) is 9.69. The van der Waals surface area contributed by atoms with Crippen molar-refractivity contribution >= 4 is 11.6 Å². The zero-order chi connectivity index (χ0) is 14.8. The van der Waals surface area contributed by atoms with Crippen LogP contribution in [-0.2, 0) is 9.53 Å². The molecule has 0 atom stereocenters. The maximum atomic E-state index is 11.9. The number of rotatable bonds is 9. The zero-order valence-corrected chi connectivity index (χ0v) is 12.4. The smallest absolute Gasteiger partial charge is 0.239 e. The standard InChI is InChI=1S/C15H25N3O2/c1-13-6-3-4-7-14(13)18(10-5-8-16)12-15(19)17-9-11-20-2/h3-4,6-7H,5,8-12,16H2,1-2H3,(H,17,19). The minimum atomic E-state index is 0.00215. The van der Waals surface area contributed by atoms with Crippen LogP contribution in [-0.4, -0.2) is 45.8 Å². The number of para-hydroxylation sites is 1. The van der Waals surface area contributed by atoms with Crippen molar-refractivity contribution < 1.29 is 9.53 Å². The third kappa shape index (κ3) is 5.59. The fourth-order valence-electron chi connectivity index (χ4n) is 2.01. The first-order valence-electron chi connectivity index (χ1n) is 6.95. The number of anilines is 1. The van der Waals surface area contributed by atoms with E-state index < -0.39 is 0 Å². The largest absolute Gasteiger partial charge is 0.383 e. The van der Waals surface area contributed by atoms with Gasteiger partial charge in [0.2, 0.25) is 5.91 Å². The summed E-state index contributed by atoms with van der Waals surface area (Å²) < 4.78 is 4.92. The summed E-state index contributed by atoms with van der Waals surface area (Å²) in [5, 5.41) is 2.84. The van der Waals surface area contributed by atoms with Gasteiger partial charge in [-0.15, -0.1) is 0 Å². The van der Waals surface area contributed by atoms with E-state index in [1.54, 1.807) is 7.11 Å². The van der Waals surface area contributed by atoms with Gasteiger partial charge in [-0.3, -0.25) is 4.79 Å². The molecule has 1 aromatic rings. The molecule has 0 saturated carbocycles. The van der Waals surface area contributed by atoms with E-state index >= 15 is 0 Å². The lowest BCUT2D eigenvalue weighted by molar-refractivity contribution is -0.119. The molecule has 0 aliphatic carbocycles. The number of carbonyl (C=O) groups excluding carboxylic acids is 1. The van der Waals surface area contributed by atoms with Gasteiger partial charge in [-0.1, -0.05) is 18.2 Å². The van der Waals surface area contributed by atoms with Crippen LogP contribution in [0.5, 0.6) is 0 Å². The monoisotopic (exact) mass is 279 g/mol. The maximum Gasteiger partial charge on any atom is 0.239 e. The Hall–Kier alpha value is -1.59. The fourth-order valence-corrected chi connectivity index (χ4v) is 2.01. The van der Waals surface area contributed by atoms with Crippen molar-refractivity contribution in [2.45, 2.75) is 13.3 Å². The fraction of sp³-hybridized carbons (Fsp3) is 0.533. The molecule has 20 heavy (non-hydrogen) atoms. The van der Waals surface area contributed by atoms with E-state index in [2.05, 4.69) is 10.2 Å². The number of methoxy groups -OCH3 is 1. The van der Waals surface area contributed by atoms with E-state index in [4.69, 9.17) is 10.5 Å². The summed E-state index contributed by atoms with van der Waals surface area (Å²) in [5.74, 6) is 0.00215. The Labute approximate surface area is 121 Å². The number of benzene rings is 1. The molecule has 0 aromatic heterocycles. The molecule has 1 aromatic carbocycles. The van der Waals surface area contributed by atoms with Crippen LogP contribution in [0.4, 0.5) is 5.69 Å². The number of nitrogens with zero attached hydrogens (tertiary/aromatic N) is 1. The lowest BCUT2D eigenvalue weighted by atomic mass is 10.1. The van der Waals surface area contributed by atoms with Gasteiger partial charge in [0.15, 0.2) is 0 Å². The lowest BCUT2D eigenvalue weighted by Crippen LogP contribution is -2.39. The van der Waals surface area contributed by atoms with Crippen LogP contribution in [0, 0.1) is 6.92 Å². The summed E-state index contributed by atoms with van der Waals surface area (Å²) in [4.78, 5) is 14.0. The minimum absolute atomic E-state index is 0.00215. The molecule has 0 saturated heterocycles. The summed E-state index contributed by atoms with van der Waals surface area (Å²) in [6.45, 7) is 4.85. The zero-order valence-electron chi connectivity index (χ0n) is 12.4. The normalized spacial score (nSPS) is 10.3. The Kier molecular flexibility index (Phi) is 7.69. The Bertz CT molecular complexity index is 410. The van der Waals surface area contributed by atoms with Crippen molar-refractivity contribution in [2.24, 2.45) is 5.73 Å². The predicted molar refractivity (Wildman–Crippen MR) is 81.9 cm³/mol. The van der Waals surface area contributed by atoms with Gasteiger partial charge in [0.1, 0.15) is 0 Å². The average molecular weight is 279 g/mol. The summed E-state index contributed by atoms with van der Waals surface area (Å²) in [6.07, 6.45) is 0.861. The molecule has 0 spiro atoms. The Balaban J connectivity index is 2.65. The van der Waals surface area contributed by atoms with Crippen molar-refractivity contribution in [3.63, 3.8) is 0 Å². The number of nitrogens with two attached hydrogens (primary N) is 1. The first-order valence-corrected chi connectivity index (χ1v) is 6.95. The third-order valence-corrected chi connectivity index (χ3v) is 3.05. The number of amides is 1. The van der Waals surface area contributed by atoms with Gasteiger partial charge >= 0.3 is 0 Å². The van der Waals surface area contributed by atoms with Crippen molar-refractivity contribution in [1.29, 1.82) is 0 Å². The highest BCUT2D eigenvalue weighted by molar-refractivity contribution is 5.81. The van der Waals surface area contributed by atoms with Crippen LogP contribution in [0.3, 0.4) is 0 Å². The van der Waals surface area contributed by atoms with E-state index in [9.17, 15) is 4.79 Å². The second kappa shape index (κ2) is 9.34. The first kappa shape index (κ1) is 16.5. The SMILES string of the molecule is COCCNC(=O)CN(CCCN)c1ccccc1C. The van der Waals surface area contributed by atoms with Crippen LogP contribution in [0.1, 0.15) is 12.0 Å². The number of ether oxygens (including phenoxy) is 1. The molecule has 0 heterocycles. The number of aryl methyl sites for hydroxylation is 1. The van der Waals surface area contributed by atoms with Gasteiger partial charge in [0, 0.05) is 25.9 Å². The molecule has 0 bridgehead atoms. The molecule has 0 aliphatic heterocycles. The van der Waals surface area contributed by atoms with Crippen molar-refractivity contribution in [3.8, 4) is 0 Å². The van der Waals surface area contributed by atoms with Crippen LogP contribution in [0.15, 0.2) is 24.3 Å². The molecular weight excluding hydrogens is 254 g/mol. The van der Waals surface area contributed by atoms with Gasteiger partial charge in [0.25, 0.3) is 0 Å². The summed E-state index contributed by atoms with van der Waals surface area (Å²) in [5.41, 5.74) is 7.83. The summed E-state index contributed by atoms with van der Waals surface area (Å²) in [6, 6.07) is 8.07. The quantitative estimate of drug-likeness (QED) is 0.659. The second-order valence-corrected chi connectivity index (χ2v) is 4.69. The molecule has 5 nitrogen and oxygen atoms in total. The average Bonchev–Trinajstić information content (AvgIpc) is 2.44. The highest BCUT2D eigenvalue weighted by Gasteiger charge is 2.12. The molecule has 1 rings (SSSR count). The maximum absolute atomic E-state index is 11.9. The van der Waals surface area contributed by atoms with Gasteiger partial charge in [-0.2, -0.15) is 0 Å². The number of carbonyl (C=O) groups is 1. The molecule has 112 valence electrons. The van der Waals surface area contributed by atoms with Crippen LogP contribution >= 0.6 is 0 Å². The third-order valence-electron chi connectivity index (χ3n) is 3.05. The predicted octanol–water partition coefficient (Wildman–Crippen LogP) is 0.913. The number of hydrogen-bond donors (Lipinski definition) is 2. The topological polar surface area (TPSA) is 67.6 Å². The van der Waals surface area contributed by atoms with Gasteiger partial charge in [-0.25, -0.2) is 0 Å². The second-order valence-electron chi connectivity index (χ2n) is 4.69.